The summed E-state index contributed by atoms with van der Waals surface area (Å²) < 4.78 is 14.4. The van der Waals surface area contributed by atoms with Crippen LogP contribution in [0.3, 0.4) is 0 Å². The predicted molar refractivity (Wildman–Crippen MR) is 276 cm³/mol. The van der Waals surface area contributed by atoms with Gasteiger partial charge in [-0.3, -0.25) is 14.0 Å². The van der Waals surface area contributed by atoms with Gasteiger partial charge in [0.15, 0.2) is 0 Å². The fourth-order valence-corrected chi connectivity index (χ4v) is 7.00. The molecule has 0 saturated carbocycles. The summed E-state index contributed by atoms with van der Waals surface area (Å²) in [6, 6.07) is 0. The second-order valence-corrected chi connectivity index (χ2v) is 18.0. The van der Waals surface area contributed by atoms with Crippen molar-refractivity contribution in [3.63, 3.8) is 0 Å². The molecule has 0 spiro atoms. The number of nitrogens with zero attached hydrogens (tertiary/aromatic N) is 12. The van der Waals surface area contributed by atoms with E-state index in [9.17, 15) is 0 Å². The van der Waals surface area contributed by atoms with E-state index in [1.165, 1.54) is 90.2 Å². The van der Waals surface area contributed by atoms with E-state index in [1.54, 1.807) is 0 Å². The molecular weight excluding hydrogens is 805 g/mol. The van der Waals surface area contributed by atoms with Gasteiger partial charge in [0.05, 0.1) is 28.5 Å². The smallest absolute Gasteiger partial charge is 0.105 e. The molecule has 7 aromatic heterocycles. The van der Waals surface area contributed by atoms with Crippen LogP contribution in [0.4, 0.5) is 0 Å². The average Bonchev–Trinajstić information content (AvgIpc) is 3.97. The van der Waals surface area contributed by atoms with Crippen molar-refractivity contribution in [1.29, 1.82) is 0 Å². The van der Waals surface area contributed by atoms with Gasteiger partial charge in [-0.1, -0.05) is 0 Å². The zero-order chi connectivity index (χ0) is 50.9. The van der Waals surface area contributed by atoms with Crippen LogP contribution < -0.4 is 0 Å². The van der Waals surface area contributed by atoms with Crippen molar-refractivity contribution in [3.05, 3.63) is 130 Å². The third kappa shape index (κ3) is 14.3. The van der Waals surface area contributed by atoms with Crippen molar-refractivity contribution in [2.45, 2.75) is 159 Å². The molecular formula is C53H90N12. The van der Waals surface area contributed by atoms with Gasteiger partial charge in [0.25, 0.3) is 0 Å². The maximum Gasteiger partial charge on any atom is 0.105 e. The minimum atomic E-state index is 1.09. The molecule has 0 unspecified atom stereocenters. The summed E-state index contributed by atoms with van der Waals surface area (Å²) >= 11 is 0. The number of hydrogen-bond acceptors (Lipinski definition) is 5. The van der Waals surface area contributed by atoms with Crippen LogP contribution in [-0.4, -0.2) is 57.6 Å². The molecule has 0 atom stereocenters. The molecule has 12 nitrogen and oxygen atoms in total. The van der Waals surface area contributed by atoms with Gasteiger partial charge in [-0.05, 0) is 198 Å². The van der Waals surface area contributed by atoms with E-state index in [1.807, 2.05) is 97.7 Å². The molecule has 0 bridgehead atoms. The van der Waals surface area contributed by atoms with Crippen molar-refractivity contribution < 1.29 is 0 Å². The summed E-state index contributed by atoms with van der Waals surface area (Å²) in [6.45, 7) is 48.2. The molecule has 12 heteroatoms. The Balaban J connectivity index is 0.000000379. The van der Waals surface area contributed by atoms with Gasteiger partial charge < -0.3 is 18.3 Å². The largest absolute Gasteiger partial charge is 0.352 e. The van der Waals surface area contributed by atoms with Gasteiger partial charge in [0.2, 0.25) is 0 Å². The van der Waals surface area contributed by atoms with Crippen molar-refractivity contribution in [1.82, 2.24) is 57.6 Å². The topological polar surface area (TPSA) is 99.0 Å². The van der Waals surface area contributed by atoms with Crippen molar-refractivity contribution in [2.75, 3.05) is 0 Å². The molecule has 0 amide bonds. The summed E-state index contributed by atoms with van der Waals surface area (Å²) in [4.78, 5) is 8.55. The van der Waals surface area contributed by atoms with Gasteiger partial charge in [0.1, 0.15) is 11.6 Å². The Morgan fingerprint density at radius 2 is 0.415 bits per heavy atom. The first-order chi connectivity index (χ1) is 29.7. The summed E-state index contributed by atoms with van der Waals surface area (Å²) in [5, 5.41) is 12.7. The fraction of sp³-hybridized carbons (Fsp3) is 0.566. The van der Waals surface area contributed by atoms with E-state index in [2.05, 4.69) is 168 Å². The van der Waals surface area contributed by atoms with E-state index in [0.29, 0.717) is 0 Å². The standard InChI is InChI=1S/2C9H15N.5C7H12N2/c2*1-6-7(2)9(4)10(5)8(6)3;2*1-5-6(2)9(4)7(3)8-5;3*1-5-6(2)8-9(4)7(5)3/h2*1-5H3;5*1-4H3. The molecule has 0 N–H and O–H groups in total. The van der Waals surface area contributed by atoms with Crippen LogP contribution in [0.5, 0.6) is 0 Å². The SMILES string of the molecule is Cc1c(C)c(C)n(C)c1C.Cc1c(C)c(C)n(C)c1C.Cc1nc(C)n(C)c1C.Cc1nc(C)n(C)c1C.Cc1nn(C)c(C)c1C.Cc1nn(C)c(C)c1C.Cc1nn(C)c(C)c1C. The van der Waals surface area contributed by atoms with Crippen LogP contribution >= 0.6 is 0 Å². The van der Waals surface area contributed by atoms with E-state index >= 15 is 0 Å². The third-order valence-corrected chi connectivity index (χ3v) is 14.6. The molecule has 0 radical (unpaired) electrons. The molecule has 7 heterocycles. The molecule has 65 heavy (non-hydrogen) atoms. The molecule has 7 aromatic rings. The molecule has 0 fully saturated rings. The van der Waals surface area contributed by atoms with Crippen LogP contribution in [0.25, 0.3) is 0 Å². The Labute approximate surface area is 395 Å². The molecule has 0 aliphatic carbocycles. The summed E-state index contributed by atoms with van der Waals surface area (Å²) in [6.07, 6.45) is 0. The summed E-state index contributed by atoms with van der Waals surface area (Å²) in [5.41, 5.74) is 27.1. The quantitative estimate of drug-likeness (QED) is 0.151. The highest BCUT2D eigenvalue weighted by molar-refractivity contribution is 5.35. The molecule has 7 rings (SSSR count). The van der Waals surface area contributed by atoms with E-state index in [0.717, 1.165) is 40.1 Å². The highest BCUT2D eigenvalue weighted by Gasteiger charge is 2.08. The van der Waals surface area contributed by atoms with Crippen molar-refractivity contribution in [3.8, 4) is 0 Å². The average molecular weight is 895 g/mol. The third-order valence-electron chi connectivity index (χ3n) is 14.6. The number of rotatable bonds is 0. The predicted octanol–water partition coefficient (Wildman–Crippen LogP) is 11.2. The normalized spacial score (nSPS) is 10.3. The highest BCUT2D eigenvalue weighted by Crippen LogP contribution is 2.19. The van der Waals surface area contributed by atoms with Crippen LogP contribution in [0.1, 0.15) is 130 Å². The molecule has 0 aromatic carbocycles. The van der Waals surface area contributed by atoms with E-state index < -0.39 is 0 Å². The van der Waals surface area contributed by atoms with E-state index in [4.69, 9.17) is 0 Å². The maximum absolute atomic E-state index is 4.27. The highest BCUT2D eigenvalue weighted by atomic mass is 15.3. The lowest BCUT2D eigenvalue weighted by Gasteiger charge is -1.98. The Morgan fingerprint density at radius 3 is 0.462 bits per heavy atom. The van der Waals surface area contributed by atoms with Crippen LogP contribution in [0.2, 0.25) is 0 Å². The van der Waals surface area contributed by atoms with E-state index in [-0.39, 0.29) is 0 Å². The number of aryl methyl sites for hydroxylation is 10. The van der Waals surface area contributed by atoms with Crippen molar-refractivity contribution in [2.24, 2.45) is 49.3 Å². The lowest BCUT2D eigenvalue weighted by atomic mass is 10.2. The summed E-state index contributed by atoms with van der Waals surface area (Å²) in [7, 11) is 14.2. The minimum absolute atomic E-state index is 1.09. The van der Waals surface area contributed by atoms with Gasteiger partial charge in [-0.25, -0.2) is 9.97 Å². The van der Waals surface area contributed by atoms with Crippen LogP contribution in [0.15, 0.2) is 0 Å². The first kappa shape index (κ1) is 57.6. The Morgan fingerprint density at radius 1 is 0.215 bits per heavy atom. The minimum Gasteiger partial charge on any atom is -0.352 e. The first-order valence-electron chi connectivity index (χ1n) is 22.8. The van der Waals surface area contributed by atoms with Gasteiger partial charge in [-0.15, -0.1) is 0 Å². The number of aromatic nitrogens is 12. The molecule has 0 aliphatic heterocycles. The number of imidazole rings is 2. The van der Waals surface area contributed by atoms with Crippen LogP contribution in [-0.2, 0) is 49.3 Å². The summed E-state index contributed by atoms with van der Waals surface area (Å²) in [5.74, 6) is 2.18. The zero-order valence-electron chi connectivity index (χ0n) is 46.9. The lowest BCUT2D eigenvalue weighted by molar-refractivity contribution is 0.730. The Kier molecular flexibility index (Phi) is 21.5. The molecule has 0 saturated heterocycles. The fourth-order valence-electron chi connectivity index (χ4n) is 7.00. The second kappa shape index (κ2) is 24.2. The van der Waals surface area contributed by atoms with Gasteiger partial charge in [-0.2, -0.15) is 15.3 Å². The first-order valence-corrected chi connectivity index (χ1v) is 22.8. The molecule has 0 aliphatic rings. The van der Waals surface area contributed by atoms with Gasteiger partial charge >= 0.3 is 0 Å². The molecule has 362 valence electrons. The Hall–Kier alpha value is -5.39. The zero-order valence-corrected chi connectivity index (χ0v) is 46.9. The second-order valence-electron chi connectivity index (χ2n) is 18.0. The van der Waals surface area contributed by atoms with Crippen LogP contribution in [0, 0.1) is 159 Å². The van der Waals surface area contributed by atoms with Crippen molar-refractivity contribution >= 4 is 0 Å². The van der Waals surface area contributed by atoms with Gasteiger partial charge in [0, 0.05) is 101 Å². The monoisotopic (exact) mass is 895 g/mol. The number of hydrogen-bond donors (Lipinski definition) is 0. The Bertz CT molecular complexity index is 2030. The lowest BCUT2D eigenvalue weighted by Crippen LogP contribution is -1.92. The maximum atomic E-state index is 4.27.